The Labute approximate surface area is 138 Å². The number of piperidine rings is 1. The van der Waals surface area contributed by atoms with Crippen molar-refractivity contribution in [1.29, 1.82) is 0 Å². The lowest BCUT2D eigenvalue weighted by Gasteiger charge is -2.26. The highest BCUT2D eigenvalue weighted by atomic mass is 16.1. The minimum atomic E-state index is -0.0396. The van der Waals surface area contributed by atoms with Gasteiger partial charge in [-0.15, -0.1) is 0 Å². The molecule has 0 unspecified atom stereocenters. The molecule has 0 atom stereocenters. The van der Waals surface area contributed by atoms with Crippen molar-refractivity contribution < 1.29 is 4.79 Å². The van der Waals surface area contributed by atoms with Crippen LogP contribution in [0, 0.1) is 0 Å². The number of H-pyrrole nitrogens is 1. The van der Waals surface area contributed by atoms with E-state index < -0.39 is 0 Å². The fourth-order valence-corrected chi connectivity index (χ4v) is 3.52. The number of fused-ring (bicyclic) bond motifs is 1. The molecule has 0 spiro atoms. The first-order chi connectivity index (χ1) is 11.3. The molecule has 128 valence electrons. The van der Waals surface area contributed by atoms with Gasteiger partial charge < -0.3 is 15.5 Å². The quantitative estimate of drug-likeness (QED) is 0.665. The van der Waals surface area contributed by atoms with Crippen LogP contribution < -0.4 is 10.6 Å². The minimum Gasteiger partial charge on any atom is -0.351 e. The third-order valence-electron chi connectivity index (χ3n) is 4.91. The van der Waals surface area contributed by atoms with Crippen LogP contribution in [0.3, 0.4) is 0 Å². The number of hydrogen-bond acceptors (Lipinski definition) is 4. The molecule has 3 heterocycles. The average molecular weight is 319 g/mol. The van der Waals surface area contributed by atoms with E-state index in [-0.39, 0.29) is 5.91 Å². The van der Waals surface area contributed by atoms with Crippen LogP contribution in [0.5, 0.6) is 0 Å². The van der Waals surface area contributed by atoms with Gasteiger partial charge in [-0.05, 0) is 45.3 Å². The lowest BCUT2D eigenvalue weighted by molar-refractivity contribution is 0.0946. The number of carbonyl (C=O) groups is 1. The van der Waals surface area contributed by atoms with Crippen LogP contribution >= 0.6 is 0 Å². The Morgan fingerprint density at radius 2 is 2.04 bits per heavy atom. The van der Waals surface area contributed by atoms with Gasteiger partial charge in [0.2, 0.25) is 0 Å². The number of amides is 1. The molecule has 0 aromatic carbocycles. The summed E-state index contributed by atoms with van der Waals surface area (Å²) in [7, 11) is 0. The number of unbranched alkanes of at least 4 members (excludes halogenated alkanes) is 2. The van der Waals surface area contributed by atoms with E-state index in [0.29, 0.717) is 5.69 Å². The third kappa shape index (κ3) is 4.54. The molecule has 0 saturated carbocycles. The summed E-state index contributed by atoms with van der Waals surface area (Å²) >= 11 is 0. The molecule has 1 saturated heterocycles. The van der Waals surface area contributed by atoms with Crippen LogP contribution in [-0.2, 0) is 13.0 Å². The van der Waals surface area contributed by atoms with Gasteiger partial charge in [-0.2, -0.15) is 5.10 Å². The van der Waals surface area contributed by atoms with Gasteiger partial charge >= 0.3 is 0 Å². The number of aromatic nitrogens is 2. The topological polar surface area (TPSA) is 73.0 Å². The fourth-order valence-electron chi connectivity index (χ4n) is 3.52. The second kappa shape index (κ2) is 8.45. The minimum absolute atomic E-state index is 0.0396. The summed E-state index contributed by atoms with van der Waals surface area (Å²) in [6.07, 6.45) is 8.50. The third-order valence-corrected chi connectivity index (χ3v) is 4.91. The number of rotatable bonds is 7. The summed E-state index contributed by atoms with van der Waals surface area (Å²) in [6, 6.07) is 0. The van der Waals surface area contributed by atoms with Crippen LogP contribution in [0.4, 0.5) is 0 Å². The number of hydrogen-bond donors (Lipinski definition) is 3. The molecule has 2 aliphatic heterocycles. The molecule has 1 fully saturated rings. The summed E-state index contributed by atoms with van der Waals surface area (Å²) in [5, 5.41) is 13.5. The summed E-state index contributed by atoms with van der Waals surface area (Å²) in [6.45, 7) is 6.20. The van der Waals surface area contributed by atoms with Gasteiger partial charge in [-0.3, -0.25) is 9.89 Å². The van der Waals surface area contributed by atoms with Crippen LogP contribution in [-0.4, -0.2) is 53.7 Å². The maximum atomic E-state index is 12.2. The molecule has 3 N–H and O–H groups in total. The van der Waals surface area contributed by atoms with Crippen LogP contribution in [0.1, 0.15) is 60.3 Å². The van der Waals surface area contributed by atoms with Crippen molar-refractivity contribution >= 4 is 5.91 Å². The zero-order valence-corrected chi connectivity index (χ0v) is 14.0. The fraction of sp³-hybridized carbons (Fsp3) is 0.765. The van der Waals surface area contributed by atoms with Crippen molar-refractivity contribution in [1.82, 2.24) is 25.7 Å². The first-order valence-corrected chi connectivity index (χ1v) is 9.12. The van der Waals surface area contributed by atoms with E-state index >= 15 is 0 Å². The Bertz CT molecular complexity index is 507. The molecule has 1 aromatic heterocycles. The number of nitrogens with zero attached hydrogens (tertiary/aromatic N) is 2. The smallest absolute Gasteiger partial charge is 0.272 e. The summed E-state index contributed by atoms with van der Waals surface area (Å²) in [5.41, 5.74) is 2.72. The molecular weight excluding hydrogens is 290 g/mol. The molecular formula is C17H29N5O. The highest BCUT2D eigenvalue weighted by Crippen LogP contribution is 2.15. The number of nitrogens with one attached hydrogen (secondary N) is 3. The van der Waals surface area contributed by atoms with Gasteiger partial charge in [-0.1, -0.05) is 12.8 Å². The summed E-state index contributed by atoms with van der Waals surface area (Å²) in [5.74, 6) is -0.0396. The average Bonchev–Trinajstić information content (AvgIpc) is 3.03. The van der Waals surface area contributed by atoms with E-state index in [9.17, 15) is 4.79 Å². The molecule has 1 aromatic rings. The Hall–Kier alpha value is -1.40. The van der Waals surface area contributed by atoms with Gasteiger partial charge in [0.25, 0.3) is 5.91 Å². The Balaban J connectivity index is 1.31. The van der Waals surface area contributed by atoms with Gasteiger partial charge in [-0.25, -0.2) is 0 Å². The van der Waals surface area contributed by atoms with E-state index in [1.165, 1.54) is 51.7 Å². The van der Waals surface area contributed by atoms with E-state index in [1.54, 1.807) is 0 Å². The Kier molecular flexibility index (Phi) is 6.05. The molecule has 2 aliphatic rings. The van der Waals surface area contributed by atoms with E-state index in [4.69, 9.17) is 0 Å². The van der Waals surface area contributed by atoms with Crippen molar-refractivity contribution in [3.63, 3.8) is 0 Å². The number of likely N-dealkylation sites (tertiary alicyclic amines) is 1. The van der Waals surface area contributed by atoms with Crippen molar-refractivity contribution in [2.24, 2.45) is 0 Å². The molecule has 6 heteroatoms. The second-order valence-electron chi connectivity index (χ2n) is 6.67. The maximum Gasteiger partial charge on any atom is 0.272 e. The molecule has 1 amide bonds. The number of carbonyl (C=O) groups excluding carboxylic acids is 1. The highest BCUT2D eigenvalue weighted by molar-refractivity contribution is 5.94. The standard InChI is InChI=1S/C17H29N5O/c23-17(16-14-13-18-9-7-15(14)20-21-16)19-8-3-1-4-10-22-11-5-2-6-12-22/h18H,1-13H2,(H,19,23)(H,20,21). The van der Waals surface area contributed by atoms with Gasteiger partial charge in [0.1, 0.15) is 0 Å². The van der Waals surface area contributed by atoms with E-state index in [2.05, 4.69) is 25.7 Å². The Morgan fingerprint density at radius 3 is 2.91 bits per heavy atom. The molecule has 6 nitrogen and oxygen atoms in total. The first kappa shape index (κ1) is 16.5. The van der Waals surface area contributed by atoms with Gasteiger partial charge in [0.05, 0.1) is 0 Å². The predicted octanol–water partition coefficient (Wildman–Crippen LogP) is 1.44. The zero-order valence-electron chi connectivity index (χ0n) is 14.0. The van der Waals surface area contributed by atoms with E-state index in [1.807, 2.05) is 0 Å². The molecule has 0 aliphatic carbocycles. The lowest BCUT2D eigenvalue weighted by Crippen LogP contribution is -2.31. The summed E-state index contributed by atoms with van der Waals surface area (Å²) < 4.78 is 0. The van der Waals surface area contributed by atoms with Crippen molar-refractivity contribution in [3.05, 3.63) is 17.0 Å². The normalized spacial score (nSPS) is 18.6. The highest BCUT2D eigenvalue weighted by Gasteiger charge is 2.21. The largest absolute Gasteiger partial charge is 0.351 e. The Morgan fingerprint density at radius 1 is 1.17 bits per heavy atom. The van der Waals surface area contributed by atoms with Crippen LogP contribution in [0.2, 0.25) is 0 Å². The van der Waals surface area contributed by atoms with Crippen LogP contribution in [0.15, 0.2) is 0 Å². The number of aromatic amines is 1. The second-order valence-corrected chi connectivity index (χ2v) is 6.67. The van der Waals surface area contributed by atoms with Gasteiger partial charge in [0, 0.05) is 37.3 Å². The SMILES string of the molecule is O=C(NCCCCCN1CCCCC1)c1n[nH]c2c1CNCC2. The van der Waals surface area contributed by atoms with Crippen molar-refractivity contribution in [2.45, 2.75) is 51.5 Å². The molecule has 23 heavy (non-hydrogen) atoms. The summed E-state index contributed by atoms with van der Waals surface area (Å²) in [4.78, 5) is 14.8. The van der Waals surface area contributed by atoms with Crippen molar-refractivity contribution in [3.8, 4) is 0 Å². The predicted molar refractivity (Wildman–Crippen MR) is 90.5 cm³/mol. The van der Waals surface area contributed by atoms with E-state index in [0.717, 1.165) is 43.7 Å². The first-order valence-electron chi connectivity index (χ1n) is 9.12. The maximum absolute atomic E-state index is 12.2. The van der Waals surface area contributed by atoms with Gasteiger partial charge in [0.15, 0.2) is 5.69 Å². The zero-order chi connectivity index (χ0) is 15.9. The lowest BCUT2D eigenvalue weighted by atomic mass is 10.1. The van der Waals surface area contributed by atoms with Crippen molar-refractivity contribution in [2.75, 3.05) is 32.7 Å². The molecule has 0 bridgehead atoms. The molecule has 0 radical (unpaired) electrons. The van der Waals surface area contributed by atoms with Crippen LogP contribution in [0.25, 0.3) is 0 Å². The molecule has 3 rings (SSSR count). The monoisotopic (exact) mass is 319 g/mol.